The first kappa shape index (κ1) is 14.6. The molecule has 0 aliphatic heterocycles. The predicted octanol–water partition coefficient (Wildman–Crippen LogP) is 3.31. The SMILES string of the molecule is Cc1ccccc1CNC(=O)Cn1ncc2c(Cl)cccc21. The van der Waals surface area contributed by atoms with Crippen LogP contribution >= 0.6 is 11.6 Å². The number of nitrogens with one attached hydrogen (secondary N) is 1. The number of aryl methyl sites for hydroxylation is 1. The van der Waals surface area contributed by atoms with Crippen LogP contribution in [0.15, 0.2) is 48.7 Å². The first-order valence-corrected chi connectivity index (χ1v) is 7.44. The van der Waals surface area contributed by atoms with Crippen LogP contribution in [0.25, 0.3) is 10.9 Å². The smallest absolute Gasteiger partial charge is 0.242 e. The monoisotopic (exact) mass is 313 g/mol. The molecule has 1 heterocycles. The minimum atomic E-state index is -0.0757. The average Bonchev–Trinajstić information content (AvgIpc) is 2.91. The molecule has 0 aliphatic carbocycles. The first-order valence-electron chi connectivity index (χ1n) is 7.06. The number of aromatic nitrogens is 2. The third-order valence-corrected chi connectivity index (χ3v) is 3.99. The van der Waals surface area contributed by atoms with Gasteiger partial charge in [-0.15, -0.1) is 0 Å². The fourth-order valence-corrected chi connectivity index (χ4v) is 2.61. The molecule has 22 heavy (non-hydrogen) atoms. The zero-order valence-corrected chi connectivity index (χ0v) is 13.0. The number of fused-ring (bicyclic) bond motifs is 1. The molecule has 0 saturated carbocycles. The average molecular weight is 314 g/mol. The summed E-state index contributed by atoms with van der Waals surface area (Å²) in [5.74, 6) is -0.0757. The van der Waals surface area contributed by atoms with Gasteiger partial charge in [0.1, 0.15) is 6.54 Å². The Balaban J connectivity index is 1.69. The number of amides is 1. The summed E-state index contributed by atoms with van der Waals surface area (Å²) in [4.78, 5) is 12.1. The molecule has 0 atom stereocenters. The molecule has 3 aromatic rings. The number of nitrogens with zero attached hydrogens (tertiary/aromatic N) is 2. The summed E-state index contributed by atoms with van der Waals surface area (Å²) in [7, 11) is 0. The lowest BCUT2D eigenvalue weighted by Gasteiger charge is -2.08. The molecule has 1 aromatic heterocycles. The van der Waals surface area contributed by atoms with Crippen molar-refractivity contribution in [3.05, 3.63) is 64.8 Å². The topological polar surface area (TPSA) is 46.9 Å². The van der Waals surface area contributed by atoms with Crippen LogP contribution in [0.5, 0.6) is 0 Å². The van der Waals surface area contributed by atoms with Gasteiger partial charge in [0.25, 0.3) is 0 Å². The van der Waals surface area contributed by atoms with Crippen LogP contribution in [0, 0.1) is 6.92 Å². The maximum Gasteiger partial charge on any atom is 0.242 e. The van der Waals surface area contributed by atoms with E-state index in [-0.39, 0.29) is 12.5 Å². The molecule has 0 spiro atoms. The summed E-state index contributed by atoms with van der Waals surface area (Å²) >= 11 is 6.11. The fraction of sp³-hybridized carbons (Fsp3) is 0.176. The van der Waals surface area contributed by atoms with Gasteiger partial charge < -0.3 is 5.32 Å². The number of halogens is 1. The molecule has 0 unspecified atom stereocenters. The largest absolute Gasteiger partial charge is 0.350 e. The van der Waals surface area contributed by atoms with Gasteiger partial charge in [-0.3, -0.25) is 9.48 Å². The Hall–Kier alpha value is -2.33. The molecule has 0 fully saturated rings. The maximum atomic E-state index is 12.1. The highest BCUT2D eigenvalue weighted by atomic mass is 35.5. The van der Waals surface area contributed by atoms with E-state index in [0.29, 0.717) is 11.6 Å². The third kappa shape index (κ3) is 2.97. The normalized spacial score (nSPS) is 10.8. The van der Waals surface area contributed by atoms with Crippen LogP contribution in [0.1, 0.15) is 11.1 Å². The van der Waals surface area contributed by atoms with Gasteiger partial charge in [-0.05, 0) is 30.2 Å². The van der Waals surface area contributed by atoms with E-state index < -0.39 is 0 Å². The summed E-state index contributed by atoms with van der Waals surface area (Å²) in [5, 5.41) is 8.66. The van der Waals surface area contributed by atoms with Crippen molar-refractivity contribution in [1.29, 1.82) is 0 Å². The second-order valence-electron chi connectivity index (χ2n) is 5.18. The summed E-state index contributed by atoms with van der Waals surface area (Å²) in [5.41, 5.74) is 3.14. The molecule has 1 amide bonds. The van der Waals surface area contributed by atoms with Gasteiger partial charge in [-0.2, -0.15) is 5.10 Å². The molecule has 4 nitrogen and oxygen atoms in total. The number of hydrogen-bond acceptors (Lipinski definition) is 2. The molecule has 0 aliphatic rings. The van der Waals surface area contributed by atoms with Gasteiger partial charge in [-0.1, -0.05) is 41.9 Å². The van der Waals surface area contributed by atoms with Crippen LogP contribution in [0.4, 0.5) is 0 Å². The molecule has 3 rings (SSSR count). The number of hydrogen-bond donors (Lipinski definition) is 1. The van der Waals surface area contributed by atoms with Gasteiger partial charge in [-0.25, -0.2) is 0 Å². The van der Waals surface area contributed by atoms with Gasteiger partial charge in [0.15, 0.2) is 0 Å². The Morgan fingerprint density at radius 2 is 2.05 bits per heavy atom. The summed E-state index contributed by atoms with van der Waals surface area (Å²) in [6.45, 7) is 2.73. The lowest BCUT2D eigenvalue weighted by Crippen LogP contribution is -2.27. The van der Waals surface area contributed by atoms with Gasteiger partial charge in [0.05, 0.1) is 16.7 Å². The Bertz CT molecular complexity index is 826. The van der Waals surface area contributed by atoms with Crippen LogP contribution in [-0.4, -0.2) is 15.7 Å². The molecular formula is C17H16ClN3O. The molecule has 0 saturated heterocycles. The van der Waals surface area contributed by atoms with E-state index in [0.717, 1.165) is 16.5 Å². The standard InChI is InChI=1S/C17H16ClN3O/c1-12-5-2-3-6-13(12)9-19-17(22)11-21-16-8-4-7-15(18)14(16)10-20-21/h2-8,10H,9,11H2,1H3,(H,19,22). The van der Waals surface area contributed by atoms with Crippen molar-refractivity contribution in [3.63, 3.8) is 0 Å². The van der Waals surface area contributed by atoms with E-state index in [9.17, 15) is 4.79 Å². The van der Waals surface area contributed by atoms with E-state index in [1.807, 2.05) is 49.4 Å². The van der Waals surface area contributed by atoms with Crippen molar-refractivity contribution in [2.75, 3.05) is 0 Å². The van der Waals surface area contributed by atoms with E-state index in [4.69, 9.17) is 11.6 Å². The second-order valence-corrected chi connectivity index (χ2v) is 5.59. The van der Waals surface area contributed by atoms with E-state index >= 15 is 0 Å². The molecule has 112 valence electrons. The number of rotatable bonds is 4. The zero-order valence-electron chi connectivity index (χ0n) is 12.2. The maximum absolute atomic E-state index is 12.1. The second kappa shape index (κ2) is 6.20. The van der Waals surface area contributed by atoms with Crippen molar-refractivity contribution in [2.45, 2.75) is 20.0 Å². The van der Waals surface area contributed by atoms with Crippen LogP contribution in [0.3, 0.4) is 0 Å². The van der Waals surface area contributed by atoms with E-state index in [2.05, 4.69) is 10.4 Å². The third-order valence-electron chi connectivity index (χ3n) is 3.66. The van der Waals surface area contributed by atoms with Crippen molar-refractivity contribution in [3.8, 4) is 0 Å². The summed E-state index contributed by atoms with van der Waals surface area (Å²) < 4.78 is 1.66. The minimum Gasteiger partial charge on any atom is -0.350 e. The molecule has 0 bridgehead atoms. The van der Waals surface area contributed by atoms with Crippen molar-refractivity contribution in [2.24, 2.45) is 0 Å². The van der Waals surface area contributed by atoms with Crippen LogP contribution in [-0.2, 0) is 17.9 Å². The van der Waals surface area contributed by atoms with Crippen molar-refractivity contribution >= 4 is 28.4 Å². The Labute approximate surface area is 133 Å². The van der Waals surface area contributed by atoms with Crippen LogP contribution in [0.2, 0.25) is 5.02 Å². The molecular weight excluding hydrogens is 298 g/mol. The van der Waals surface area contributed by atoms with E-state index in [1.54, 1.807) is 10.9 Å². The van der Waals surface area contributed by atoms with E-state index in [1.165, 1.54) is 5.56 Å². The Kier molecular flexibility index (Phi) is 4.11. The predicted molar refractivity (Wildman–Crippen MR) is 87.8 cm³/mol. The lowest BCUT2D eigenvalue weighted by molar-refractivity contribution is -0.121. The highest BCUT2D eigenvalue weighted by molar-refractivity contribution is 6.35. The molecule has 1 N–H and O–H groups in total. The highest BCUT2D eigenvalue weighted by Gasteiger charge is 2.09. The quantitative estimate of drug-likeness (QED) is 0.803. The highest BCUT2D eigenvalue weighted by Crippen LogP contribution is 2.22. The molecule has 2 aromatic carbocycles. The Morgan fingerprint density at radius 3 is 2.86 bits per heavy atom. The molecule has 5 heteroatoms. The van der Waals surface area contributed by atoms with Crippen molar-refractivity contribution < 1.29 is 4.79 Å². The van der Waals surface area contributed by atoms with Gasteiger partial charge in [0.2, 0.25) is 5.91 Å². The molecule has 0 radical (unpaired) electrons. The minimum absolute atomic E-state index is 0.0757. The lowest BCUT2D eigenvalue weighted by atomic mass is 10.1. The Morgan fingerprint density at radius 1 is 1.23 bits per heavy atom. The summed E-state index contributed by atoms with van der Waals surface area (Å²) in [6, 6.07) is 13.6. The first-order chi connectivity index (χ1) is 10.6. The van der Waals surface area contributed by atoms with Crippen LogP contribution < -0.4 is 5.32 Å². The number of benzene rings is 2. The number of carbonyl (C=O) groups excluding carboxylic acids is 1. The summed E-state index contributed by atoms with van der Waals surface area (Å²) in [6.07, 6.45) is 1.69. The van der Waals surface area contributed by atoms with Gasteiger partial charge >= 0.3 is 0 Å². The number of carbonyl (C=O) groups is 1. The van der Waals surface area contributed by atoms with Gasteiger partial charge in [0, 0.05) is 11.9 Å². The van der Waals surface area contributed by atoms with Crippen molar-refractivity contribution in [1.82, 2.24) is 15.1 Å². The zero-order chi connectivity index (χ0) is 15.5. The fourth-order valence-electron chi connectivity index (χ4n) is 2.39.